The Balaban J connectivity index is 1.34. The molecule has 0 aliphatic heterocycles. The lowest BCUT2D eigenvalue weighted by molar-refractivity contribution is 0.0964. The van der Waals surface area contributed by atoms with Crippen molar-refractivity contribution in [2.75, 3.05) is 18.9 Å². The van der Waals surface area contributed by atoms with Crippen molar-refractivity contribution < 1.29 is 9.18 Å². The third-order valence-electron chi connectivity index (χ3n) is 6.57. The zero-order valence-corrected chi connectivity index (χ0v) is 19.6. The summed E-state index contributed by atoms with van der Waals surface area (Å²) >= 11 is 0. The van der Waals surface area contributed by atoms with Crippen molar-refractivity contribution in [1.29, 1.82) is 0 Å². The number of hydrogen-bond donors (Lipinski definition) is 2. The molecular weight excluding hydrogens is 445 g/mol. The normalized spacial score (nSPS) is 14.4. The molecule has 5 rings (SSSR count). The minimum atomic E-state index is -0.471. The van der Waals surface area contributed by atoms with E-state index in [9.17, 15) is 9.18 Å². The highest BCUT2D eigenvalue weighted by Gasteiger charge is 2.22. The molecule has 3 aromatic heterocycles. The summed E-state index contributed by atoms with van der Waals surface area (Å²) in [6.07, 6.45) is 10.2. The summed E-state index contributed by atoms with van der Waals surface area (Å²) < 4.78 is 14.7. The maximum absolute atomic E-state index is 14.7. The Morgan fingerprint density at radius 3 is 2.63 bits per heavy atom. The van der Waals surface area contributed by atoms with E-state index in [4.69, 9.17) is 0 Å². The highest BCUT2D eigenvalue weighted by molar-refractivity contribution is 6.06. The van der Waals surface area contributed by atoms with Crippen LogP contribution in [-0.2, 0) is 0 Å². The number of nitrogens with zero attached hydrogens (tertiary/aromatic N) is 5. The Labute approximate surface area is 202 Å². The number of pyridine rings is 1. The number of amides is 1. The molecule has 1 amide bonds. The second-order valence-corrected chi connectivity index (χ2v) is 8.83. The van der Waals surface area contributed by atoms with Gasteiger partial charge >= 0.3 is 0 Å². The van der Waals surface area contributed by atoms with Gasteiger partial charge in [0.1, 0.15) is 23.8 Å². The van der Waals surface area contributed by atoms with Crippen LogP contribution in [0.15, 0.2) is 49.2 Å². The molecule has 1 aromatic carbocycles. The van der Waals surface area contributed by atoms with Gasteiger partial charge in [-0.2, -0.15) is 0 Å². The molecular formula is C26H26FN7O. The van der Waals surface area contributed by atoms with Crippen molar-refractivity contribution in [3.8, 4) is 11.3 Å². The first-order valence-corrected chi connectivity index (χ1v) is 11.7. The molecule has 8 nitrogen and oxygen atoms in total. The van der Waals surface area contributed by atoms with E-state index in [1.54, 1.807) is 6.07 Å². The summed E-state index contributed by atoms with van der Waals surface area (Å²) in [5.41, 5.74) is 3.16. The smallest absolute Gasteiger partial charge is 0.251 e. The highest BCUT2D eigenvalue weighted by atomic mass is 19.1. The number of carbonyl (C=O) groups excluding carboxylic acids is 1. The number of halogens is 1. The van der Waals surface area contributed by atoms with Gasteiger partial charge in [0.2, 0.25) is 0 Å². The maximum atomic E-state index is 14.7. The molecule has 2 N–H and O–H groups in total. The van der Waals surface area contributed by atoms with Crippen molar-refractivity contribution >= 4 is 22.6 Å². The number of nitrogens with one attached hydrogen (secondary N) is 2. The van der Waals surface area contributed by atoms with E-state index in [2.05, 4.69) is 35.6 Å². The highest BCUT2D eigenvalue weighted by Crippen LogP contribution is 2.34. The van der Waals surface area contributed by atoms with Gasteiger partial charge in [-0.05, 0) is 30.5 Å². The molecule has 9 heteroatoms. The lowest BCUT2D eigenvalue weighted by Gasteiger charge is -2.23. The first-order valence-electron chi connectivity index (χ1n) is 11.7. The Kier molecular flexibility index (Phi) is 6.31. The summed E-state index contributed by atoms with van der Waals surface area (Å²) in [7, 11) is 1.52. The van der Waals surface area contributed by atoms with Crippen molar-refractivity contribution in [3.05, 3.63) is 72.0 Å². The van der Waals surface area contributed by atoms with Crippen LogP contribution in [-0.4, -0.2) is 44.4 Å². The quantitative estimate of drug-likeness (QED) is 0.410. The average Bonchev–Trinajstić information content (AvgIpc) is 2.86. The maximum Gasteiger partial charge on any atom is 0.251 e. The summed E-state index contributed by atoms with van der Waals surface area (Å²) in [6.45, 7) is 2.54. The van der Waals surface area contributed by atoms with Gasteiger partial charge < -0.3 is 10.6 Å². The van der Waals surface area contributed by atoms with Crippen LogP contribution in [0.25, 0.3) is 22.2 Å². The second-order valence-electron chi connectivity index (χ2n) is 8.83. The predicted octanol–water partition coefficient (Wildman–Crippen LogP) is 4.46. The van der Waals surface area contributed by atoms with E-state index in [1.807, 2.05) is 25.4 Å². The van der Waals surface area contributed by atoms with Crippen molar-refractivity contribution in [3.63, 3.8) is 0 Å². The van der Waals surface area contributed by atoms with Crippen molar-refractivity contribution in [1.82, 2.24) is 30.2 Å². The summed E-state index contributed by atoms with van der Waals surface area (Å²) in [4.78, 5) is 34.4. The molecule has 1 saturated carbocycles. The number of hydrogen-bond acceptors (Lipinski definition) is 7. The molecule has 1 fully saturated rings. The van der Waals surface area contributed by atoms with Gasteiger partial charge in [-0.15, -0.1) is 0 Å². The van der Waals surface area contributed by atoms with Crippen molar-refractivity contribution in [2.45, 2.75) is 38.0 Å². The third kappa shape index (κ3) is 4.53. The first-order chi connectivity index (χ1) is 17.0. The summed E-state index contributed by atoms with van der Waals surface area (Å²) in [5.74, 6) is 1.20. The number of aromatic nitrogens is 5. The molecule has 0 spiro atoms. The molecule has 3 heterocycles. The number of benzene rings is 1. The van der Waals surface area contributed by atoms with Gasteiger partial charge in [-0.25, -0.2) is 24.3 Å². The van der Waals surface area contributed by atoms with Crippen LogP contribution in [0.1, 0.15) is 59.8 Å². The van der Waals surface area contributed by atoms with Crippen LogP contribution >= 0.6 is 0 Å². The van der Waals surface area contributed by atoms with Gasteiger partial charge in [0.15, 0.2) is 0 Å². The minimum Gasteiger partial charge on any atom is -0.369 e. The van der Waals surface area contributed by atoms with Crippen LogP contribution in [0.5, 0.6) is 0 Å². The van der Waals surface area contributed by atoms with Gasteiger partial charge in [0.05, 0.1) is 16.8 Å². The molecule has 0 unspecified atom stereocenters. The Bertz CT molecular complexity index is 1370. The van der Waals surface area contributed by atoms with Gasteiger partial charge in [0, 0.05) is 61.0 Å². The molecule has 1 aliphatic rings. The number of fused-ring (bicyclic) bond motifs is 1. The Morgan fingerprint density at radius 2 is 1.91 bits per heavy atom. The lowest BCUT2D eigenvalue weighted by atomic mass is 9.85. The molecule has 1 atom stereocenters. The SMILES string of the molecule is CNC(=O)c1ccnc2c([C@H](C)CNc3cc(-c4cnc(C5CCC5)nc4)ncn3)ccc(F)c12. The van der Waals surface area contributed by atoms with Crippen LogP contribution in [0.4, 0.5) is 10.2 Å². The molecule has 0 saturated heterocycles. The largest absolute Gasteiger partial charge is 0.369 e. The minimum absolute atomic E-state index is 0.0333. The van der Waals surface area contributed by atoms with E-state index >= 15 is 0 Å². The molecule has 35 heavy (non-hydrogen) atoms. The summed E-state index contributed by atoms with van der Waals surface area (Å²) in [5, 5.41) is 6.12. The first kappa shape index (κ1) is 22.8. The van der Waals surface area contributed by atoms with E-state index in [-0.39, 0.29) is 22.8 Å². The zero-order valence-electron chi connectivity index (χ0n) is 19.6. The fourth-order valence-corrected chi connectivity index (χ4v) is 4.30. The predicted molar refractivity (Wildman–Crippen MR) is 132 cm³/mol. The van der Waals surface area contributed by atoms with E-state index in [0.29, 0.717) is 23.8 Å². The Morgan fingerprint density at radius 1 is 1.11 bits per heavy atom. The fourth-order valence-electron chi connectivity index (χ4n) is 4.30. The molecule has 4 aromatic rings. The second kappa shape index (κ2) is 9.69. The average molecular weight is 472 g/mol. The van der Waals surface area contributed by atoms with Crippen LogP contribution < -0.4 is 10.6 Å². The lowest BCUT2D eigenvalue weighted by Crippen LogP contribution is -2.19. The molecule has 1 aliphatic carbocycles. The zero-order chi connectivity index (χ0) is 24.4. The van der Waals surface area contributed by atoms with E-state index in [1.165, 1.54) is 38.1 Å². The Hall–Kier alpha value is -4.01. The van der Waals surface area contributed by atoms with Gasteiger partial charge in [0.25, 0.3) is 5.91 Å². The molecule has 0 bridgehead atoms. The third-order valence-corrected chi connectivity index (χ3v) is 6.57. The van der Waals surface area contributed by atoms with Crippen molar-refractivity contribution in [2.24, 2.45) is 0 Å². The van der Waals surface area contributed by atoms with Crippen LogP contribution in [0.3, 0.4) is 0 Å². The van der Waals surface area contributed by atoms with E-state index < -0.39 is 5.82 Å². The number of anilines is 1. The van der Waals surface area contributed by atoms with Crippen LogP contribution in [0, 0.1) is 5.82 Å². The fraction of sp³-hybridized carbons (Fsp3) is 0.308. The number of rotatable bonds is 7. The van der Waals surface area contributed by atoms with Gasteiger partial charge in [-0.3, -0.25) is 9.78 Å². The monoisotopic (exact) mass is 471 g/mol. The topological polar surface area (TPSA) is 106 Å². The molecule has 178 valence electrons. The van der Waals surface area contributed by atoms with Gasteiger partial charge in [-0.1, -0.05) is 19.4 Å². The van der Waals surface area contributed by atoms with Crippen LogP contribution in [0.2, 0.25) is 0 Å². The number of carbonyl (C=O) groups is 1. The van der Waals surface area contributed by atoms with E-state index in [0.717, 1.165) is 35.5 Å². The standard InChI is InChI=1S/C26H26FN7O/c1-15(18-6-7-20(27)23-19(26(35)28-2)8-9-29-24(18)23)11-30-22-10-21(33-14-34-22)17-12-31-25(32-13-17)16-4-3-5-16/h6-10,12-16H,3-5,11H2,1-2H3,(H,28,35)(H,30,33,34)/t15-/m1/s1. The molecule has 0 radical (unpaired) electrons. The summed E-state index contributed by atoms with van der Waals surface area (Å²) in [6, 6.07) is 6.50.